The molecule has 3 nitrogen and oxygen atoms in total. The van der Waals surface area contributed by atoms with Gasteiger partial charge in [-0.15, -0.1) is 0 Å². The molecule has 0 fully saturated rings. The molecule has 0 amide bonds. The third kappa shape index (κ3) is 5.53. The predicted molar refractivity (Wildman–Crippen MR) is 75.9 cm³/mol. The van der Waals surface area contributed by atoms with E-state index in [9.17, 15) is 4.79 Å². The third-order valence-electron chi connectivity index (χ3n) is 2.68. The van der Waals surface area contributed by atoms with Crippen molar-refractivity contribution in [1.82, 2.24) is 0 Å². The van der Waals surface area contributed by atoms with E-state index in [2.05, 4.69) is 6.58 Å². The highest BCUT2D eigenvalue weighted by atomic mass is 16.5. The Bertz CT molecular complexity index is 435. The summed E-state index contributed by atoms with van der Waals surface area (Å²) in [5.41, 5.74) is 1.27. The first kappa shape index (κ1) is 15.2. The molecule has 1 N–H and O–H groups in total. The Morgan fingerprint density at radius 3 is 2.74 bits per heavy atom. The van der Waals surface area contributed by atoms with Crippen LogP contribution < -0.4 is 0 Å². The minimum atomic E-state index is -0.363. The summed E-state index contributed by atoms with van der Waals surface area (Å²) in [5.74, 6) is -0.349. The number of aliphatic hydroxyl groups is 1. The largest absolute Gasteiger partial charge is 0.454 e. The van der Waals surface area contributed by atoms with Crippen LogP contribution in [0.25, 0.3) is 0 Å². The Kier molecular flexibility index (Phi) is 6.61. The van der Waals surface area contributed by atoms with Gasteiger partial charge in [-0.2, -0.15) is 0 Å². The molecule has 1 aromatic carbocycles. The topological polar surface area (TPSA) is 46.5 Å². The van der Waals surface area contributed by atoms with Crippen LogP contribution in [0, 0.1) is 0 Å². The summed E-state index contributed by atoms with van der Waals surface area (Å²) in [4.78, 5) is 11.8. The number of rotatable bonds is 7. The molecule has 1 atom stereocenters. The van der Waals surface area contributed by atoms with Crippen molar-refractivity contribution in [3.8, 4) is 0 Å². The average molecular weight is 260 g/mol. The number of carbonyl (C=O) groups excluding carboxylic acids is 1. The Morgan fingerprint density at radius 2 is 2.11 bits per heavy atom. The van der Waals surface area contributed by atoms with E-state index >= 15 is 0 Å². The predicted octanol–water partition coefficient (Wildman–Crippen LogP) is 3.12. The molecule has 0 heterocycles. The van der Waals surface area contributed by atoms with Crippen molar-refractivity contribution in [2.45, 2.75) is 25.9 Å². The normalized spacial score (nSPS) is 12.3. The summed E-state index contributed by atoms with van der Waals surface area (Å²) in [6.07, 6.45) is 4.90. The second kappa shape index (κ2) is 8.27. The molecular formula is C16H20O3. The highest BCUT2D eigenvalue weighted by molar-refractivity contribution is 5.89. The van der Waals surface area contributed by atoms with Gasteiger partial charge in [-0.25, -0.2) is 4.79 Å². The van der Waals surface area contributed by atoms with E-state index in [1.54, 1.807) is 31.2 Å². The summed E-state index contributed by atoms with van der Waals surface area (Å²) in [6.45, 7) is 5.84. The van der Waals surface area contributed by atoms with Gasteiger partial charge in [0.25, 0.3) is 0 Å². The SMILES string of the molecule is C=C(/C=C/CCCO)C(C)OC(=O)c1ccccc1. The standard InChI is InChI=1S/C16H20O3/c1-13(9-5-4-8-12-17)14(2)19-16(18)15-10-6-3-7-11-15/h3,5-7,9-11,14,17H,1,4,8,12H2,2H3/b9-5+. The zero-order valence-electron chi connectivity index (χ0n) is 11.2. The fraction of sp³-hybridized carbons (Fsp3) is 0.312. The van der Waals surface area contributed by atoms with Gasteiger partial charge < -0.3 is 9.84 Å². The average Bonchev–Trinajstić information content (AvgIpc) is 2.44. The Hall–Kier alpha value is -1.87. The van der Waals surface area contributed by atoms with E-state index in [1.807, 2.05) is 18.2 Å². The minimum absolute atomic E-state index is 0.176. The second-order valence-electron chi connectivity index (χ2n) is 4.26. The van der Waals surface area contributed by atoms with Gasteiger partial charge in [0.15, 0.2) is 0 Å². The maximum Gasteiger partial charge on any atom is 0.338 e. The zero-order valence-corrected chi connectivity index (χ0v) is 11.2. The van der Waals surface area contributed by atoms with Crippen molar-refractivity contribution < 1.29 is 14.6 Å². The molecule has 0 saturated heterocycles. The number of hydrogen-bond acceptors (Lipinski definition) is 3. The molecule has 1 unspecified atom stereocenters. The first-order valence-corrected chi connectivity index (χ1v) is 6.37. The molecule has 0 aliphatic rings. The molecule has 3 heteroatoms. The van der Waals surface area contributed by atoms with Crippen LogP contribution in [0.1, 0.15) is 30.1 Å². The number of benzene rings is 1. The molecule has 0 radical (unpaired) electrons. The third-order valence-corrected chi connectivity index (χ3v) is 2.68. The van der Waals surface area contributed by atoms with Gasteiger partial charge in [-0.05, 0) is 37.5 Å². The summed E-state index contributed by atoms with van der Waals surface area (Å²) >= 11 is 0. The van der Waals surface area contributed by atoms with Crippen LogP contribution in [-0.2, 0) is 4.74 Å². The fourth-order valence-electron chi connectivity index (χ4n) is 1.46. The summed E-state index contributed by atoms with van der Waals surface area (Å²) < 4.78 is 5.32. The van der Waals surface area contributed by atoms with Crippen molar-refractivity contribution in [2.24, 2.45) is 0 Å². The molecular weight excluding hydrogens is 240 g/mol. The van der Waals surface area contributed by atoms with Crippen LogP contribution in [0.5, 0.6) is 0 Å². The number of allylic oxidation sites excluding steroid dienone is 1. The molecule has 1 aromatic rings. The van der Waals surface area contributed by atoms with Crippen LogP contribution in [0.15, 0.2) is 54.6 Å². The van der Waals surface area contributed by atoms with Crippen LogP contribution in [-0.4, -0.2) is 23.8 Å². The Labute approximate surface area is 114 Å². The maximum absolute atomic E-state index is 11.8. The first-order valence-electron chi connectivity index (χ1n) is 6.37. The monoisotopic (exact) mass is 260 g/mol. The number of aliphatic hydroxyl groups excluding tert-OH is 1. The van der Waals surface area contributed by atoms with Crippen LogP contribution in [0.3, 0.4) is 0 Å². The fourth-order valence-corrected chi connectivity index (χ4v) is 1.46. The quantitative estimate of drug-likeness (QED) is 0.465. The van der Waals surface area contributed by atoms with Crippen molar-refractivity contribution in [1.29, 1.82) is 0 Å². The van der Waals surface area contributed by atoms with Crippen molar-refractivity contribution in [3.63, 3.8) is 0 Å². The van der Waals surface area contributed by atoms with Gasteiger partial charge in [0.1, 0.15) is 6.10 Å². The van der Waals surface area contributed by atoms with E-state index in [0.717, 1.165) is 18.4 Å². The van der Waals surface area contributed by atoms with Gasteiger partial charge in [0.2, 0.25) is 0 Å². The van der Waals surface area contributed by atoms with Crippen molar-refractivity contribution in [2.75, 3.05) is 6.61 Å². The summed E-state index contributed by atoms with van der Waals surface area (Å²) in [6, 6.07) is 8.88. The molecule has 0 bridgehead atoms. The van der Waals surface area contributed by atoms with E-state index in [1.165, 1.54) is 0 Å². The van der Waals surface area contributed by atoms with E-state index in [0.29, 0.717) is 5.56 Å². The molecule has 1 rings (SSSR count). The van der Waals surface area contributed by atoms with Crippen LogP contribution in [0.4, 0.5) is 0 Å². The number of hydrogen-bond donors (Lipinski definition) is 1. The Balaban J connectivity index is 2.46. The molecule has 0 saturated carbocycles. The van der Waals surface area contributed by atoms with Crippen LogP contribution >= 0.6 is 0 Å². The number of unbranched alkanes of at least 4 members (excludes halogenated alkanes) is 1. The second-order valence-corrected chi connectivity index (χ2v) is 4.26. The van der Waals surface area contributed by atoms with E-state index < -0.39 is 0 Å². The van der Waals surface area contributed by atoms with Crippen molar-refractivity contribution in [3.05, 3.63) is 60.2 Å². The minimum Gasteiger partial charge on any atom is -0.454 e. The number of carbonyl (C=O) groups is 1. The maximum atomic E-state index is 11.8. The summed E-state index contributed by atoms with van der Waals surface area (Å²) in [5, 5.41) is 8.66. The van der Waals surface area contributed by atoms with Gasteiger partial charge in [0.05, 0.1) is 5.56 Å². The molecule has 0 aliphatic carbocycles. The van der Waals surface area contributed by atoms with Gasteiger partial charge in [0, 0.05) is 6.61 Å². The van der Waals surface area contributed by atoms with Crippen LogP contribution in [0.2, 0.25) is 0 Å². The molecule has 0 spiro atoms. The smallest absolute Gasteiger partial charge is 0.338 e. The lowest BCUT2D eigenvalue weighted by molar-refractivity contribution is 0.0412. The first-order chi connectivity index (χ1) is 9.15. The highest BCUT2D eigenvalue weighted by Gasteiger charge is 2.12. The lowest BCUT2D eigenvalue weighted by Crippen LogP contribution is -2.16. The number of ether oxygens (including phenoxy) is 1. The lowest BCUT2D eigenvalue weighted by atomic mass is 10.1. The van der Waals surface area contributed by atoms with Gasteiger partial charge in [-0.3, -0.25) is 0 Å². The van der Waals surface area contributed by atoms with E-state index in [4.69, 9.17) is 9.84 Å². The molecule has 102 valence electrons. The Morgan fingerprint density at radius 1 is 1.42 bits per heavy atom. The molecule has 0 aliphatic heterocycles. The van der Waals surface area contributed by atoms with Crippen molar-refractivity contribution >= 4 is 5.97 Å². The highest BCUT2D eigenvalue weighted by Crippen LogP contribution is 2.10. The van der Waals surface area contributed by atoms with E-state index in [-0.39, 0.29) is 18.7 Å². The molecule has 0 aromatic heterocycles. The lowest BCUT2D eigenvalue weighted by Gasteiger charge is -2.13. The summed E-state index contributed by atoms with van der Waals surface area (Å²) in [7, 11) is 0. The van der Waals surface area contributed by atoms with Gasteiger partial charge in [-0.1, -0.05) is 36.9 Å². The molecule has 19 heavy (non-hydrogen) atoms. The number of esters is 1. The van der Waals surface area contributed by atoms with Gasteiger partial charge >= 0.3 is 5.97 Å². The zero-order chi connectivity index (χ0) is 14.1.